The fraction of sp³-hybridized carbons (Fsp3) is 0.818. The zero-order chi connectivity index (χ0) is 12.8. The predicted molar refractivity (Wildman–Crippen MR) is 71.1 cm³/mol. The minimum atomic E-state index is -0.266. The molecule has 0 atom stereocenters. The first-order valence-corrected chi connectivity index (χ1v) is 5.51. The van der Waals surface area contributed by atoms with Crippen molar-refractivity contribution < 1.29 is 9.59 Å². The Bertz CT molecular complexity index is 252. The lowest BCUT2D eigenvalue weighted by Crippen LogP contribution is -2.46. The Kier molecular flexibility index (Phi) is 9.06. The van der Waals surface area contributed by atoms with Crippen LogP contribution in [0.4, 0.5) is 0 Å². The van der Waals surface area contributed by atoms with Crippen molar-refractivity contribution in [3.05, 3.63) is 0 Å². The minimum Gasteiger partial charge on any atom is -0.350 e. The number of hydrogen-bond acceptors (Lipinski definition) is 3. The molecule has 0 rings (SSSR count). The van der Waals surface area contributed by atoms with Crippen LogP contribution in [0.5, 0.6) is 0 Å². The second-order valence-corrected chi connectivity index (χ2v) is 4.94. The molecule has 0 aromatic carbocycles. The second kappa shape index (κ2) is 8.31. The Morgan fingerprint density at radius 2 is 1.82 bits per heavy atom. The Balaban J connectivity index is 0. The summed E-state index contributed by atoms with van der Waals surface area (Å²) < 4.78 is 0. The van der Waals surface area contributed by atoms with Crippen LogP contribution in [-0.4, -0.2) is 42.4 Å². The van der Waals surface area contributed by atoms with Crippen LogP contribution in [-0.2, 0) is 9.59 Å². The first kappa shape index (κ1) is 18.6. The van der Waals surface area contributed by atoms with Gasteiger partial charge in [-0.2, -0.15) is 0 Å². The number of carbonyl (C=O) groups is 2. The van der Waals surface area contributed by atoms with Gasteiger partial charge < -0.3 is 16.0 Å². The summed E-state index contributed by atoms with van der Waals surface area (Å²) in [5.74, 6) is -0.189. The highest BCUT2D eigenvalue weighted by Gasteiger charge is 2.17. The number of carbonyl (C=O) groups excluding carboxylic acids is 2. The summed E-state index contributed by atoms with van der Waals surface area (Å²) in [6.07, 6.45) is 1.06. The van der Waals surface area contributed by atoms with Crippen LogP contribution in [0, 0.1) is 0 Å². The van der Waals surface area contributed by atoms with Gasteiger partial charge in [-0.1, -0.05) is 0 Å². The van der Waals surface area contributed by atoms with E-state index in [1.54, 1.807) is 7.05 Å². The lowest BCUT2D eigenvalue weighted by atomic mass is 10.1. The Morgan fingerprint density at radius 1 is 1.29 bits per heavy atom. The quantitative estimate of drug-likeness (QED) is 0.761. The minimum absolute atomic E-state index is 0. The van der Waals surface area contributed by atoms with E-state index in [1.165, 1.54) is 4.90 Å². The molecule has 0 aliphatic rings. The molecule has 0 aliphatic carbocycles. The average molecular weight is 266 g/mol. The first-order valence-electron chi connectivity index (χ1n) is 5.51. The number of nitrogens with one attached hydrogen (secondary N) is 1. The van der Waals surface area contributed by atoms with E-state index in [1.807, 2.05) is 20.8 Å². The fourth-order valence-electron chi connectivity index (χ4n) is 1.21. The molecule has 0 aliphatic heterocycles. The molecule has 0 saturated carbocycles. The van der Waals surface area contributed by atoms with Crippen LogP contribution in [0.1, 0.15) is 33.6 Å². The topological polar surface area (TPSA) is 75.4 Å². The Hall–Kier alpha value is -0.810. The van der Waals surface area contributed by atoms with Gasteiger partial charge in [0, 0.05) is 19.0 Å². The van der Waals surface area contributed by atoms with Crippen LogP contribution < -0.4 is 11.1 Å². The third-order valence-corrected chi connectivity index (χ3v) is 1.92. The normalized spacial score (nSPS) is 10.4. The molecule has 3 N–H and O–H groups in total. The van der Waals surface area contributed by atoms with Crippen molar-refractivity contribution in [1.82, 2.24) is 10.2 Å². The summed E-state index contributed by atoms with van der Waals surface area (Å²) in [4.78, 5) is 24.4. The number of halogens is 1. The van der Waals surface area contributed by atoms with Gasteiger partial charge in [0.15, 0.2) is 0 Å². The first-order chi connectivity index (χ1) is 7.26. The average Bonchev–Trinajstić information content (AvgIpc) is 2.10. The van der Waals surface area contributed by atoms with Crippen molar-refractivity contribution in [3.8, 4) is 0 Å². The van der Waals surface area contributed by atoms with Gasteiger partial charge in [-0.3, -0.25) is 9.59 Å². The number of nitrogens with zero attached hydrogens (tertiary/aromatic N) is 1. The molecule has 0 saturated heterocycles. The maximum Gasteiger partial charge on any atom is 0.240 e. The molecule has 6 heteroatoms. The highest BCUT2D eigenvalue weighted by molar-refractivity contribution is 5.85. The van der Waals surface area contributed by atoms with E-state index in [0.29, 0.717) is 19.4 Å². The van der Waals surface area contributed by atoms with Crippen molar-refractivity contribution in [2.24, 2.45) is 5.73 Å². The fourth-order valence-corrected chi connectivity index (χ4v) is 1.21. The van der Waals surface area contributed by atoms with Gasteiger partial charge >= 0.3 is 0 Å². The molecule has 0 aromatic heterocycles. The third kappa shape index (κ3) is 10.1. The largest absolute Gasteiger partial charge is 0.350 e. The predicted octanol–water partition coefficient (Wildman–Crippen LogP) is 0.520. The van der Waals surface area contributed by atoms with E-state index >= 15 is 0 Å². The summed E-state index contributed by atoms with van der Waals surface area (Å²) in [6, 6.07) is 0. The summed E-state index contributed by atoms with van der Waals surface area (Å²) in [5, 5.41) is 2.80. The molecule has 0 radical (unpaired) electrons. The summed E-state index contributed by atoms with van der Waals surface area (Å²) in [5.41, 5.74) is 5.05. The molecule has 0 aromatic rings. The lowest BCUT2D eigenvalue weighted by Gasteiger charge is -2.23. The second-order valence-electron chi connectivity index (χ2n) is 4.94. The van der Waals surface area contributed by atoms with Gasteiger partial charge in [0.25, 0.3) is 0 Å². The number of rotatable bonds is 5. The number of likely N-dealkylation sites (N-methyl/N-ethyl adjacent to an activating group) is 1. The highest BCUT2D eigenvalue weighted by Crippen LogP contribution is 1.99. The molecule has 0 bridgehead atoms. The van der Waals surface area contributed by atoms with Crippen LogP contribution in [0.3, 0.4) is 0 Å². The Labute approximate surface area is 110 Å². The molecule has 0 unspecified atom stereocenters. The smallest absolute Gasteiger partial charge is 0.240 e. The van der Waals surface area contributed by atoms with Gasteiger partial charge in [0.1, 0.15) is 0 Å². The Morgan fingerprint density at radius 3 is 2.24 bits per heavy atom. The van der Waals surface area contributed by atoms with E-state index in [0.717, 1.165) is 0 Å². The van der Waals surface area contributed by atoms with E-state index in [9.17, 15) is 9.59 Å². The molecule has 5 nitrogen and oxygen atoms in total. The van der Waals surface area contributed by atoms with Crippen molar-refractivity contribution >= 4 is 24.2 Å². The van der Waals surface area contributed by atoms with E-state index in [-0.39, 0.29) is 36.3 Å². The standard InChI is InChI=1S/C11H23N3O2.ClH/c1-11(2,3)13-9(15)8-14(4)10(16)6-5-7-12;/h5-8,12H2,1-4H3,(H,13,15);1H. The molecule has 17 heavy (non-hydrogen) atoms. The van der Waals surface area contributed by atoms with Gasteiger partial charge in [-0.25, -0.2) is 0 Å². The maximum atomic E-state index is 11.5. The van der Waals surface area contributed by atoms with Crippen molar-refractivity contribution in [2.75, 3.05) is 20.1 Å². The molecular weight excluding hydrogens is 242 g/mol. The van der Waals surface area contributed by atoms with Crippen LogP contribution >= 0.6 is 12.4 Å². The maximum absolute atomic E-state index is 11.5. The van der Waals surface area contributed by atoms with Crippen LogP contribution in [0.15, 0.2) is 0 Å². The SMILES string of the molecule is CN(CC(=O)NC(C)(C)C)C(=O)CCCN.Cl. The molecule has 2 amide bonds. The zero-order valence-electron chi connectivity index (χ0n) is 11.1. The van der Waals surface area contributed by atoms with E-state index in [4.69, 9.17) is 5.73 Å². The van der Waals surface area contributed by atoms with Gasteiger partial charge in [0.05, 0.1) is 6.54 Å². The molecule has 102 valence electrons. The molecular formula is C11H24ClN3O2. The zero-order valence-corrected chi connectivity index (χ0v) is 11.9. The third-order valence-electron chi connectivity index (χ3n) is 1.92. The number of hydrogen-bond donors (Lipinski definition) is 2. The monoisotopic (exact) mass is 265 g/mol. The molecule has 0 fully saturated rings. The van der Waals surface area contributed by atoms with Crippen molar-refractivity contribution in [1.29, 1.82) is 0 Å². The van der Waals surface area contributed by atoms with E-state index < -0.39 is 0 Å². The summed E-state index contributed by atoms with van der Waals surface area (Å²) in [7, 11) is 1.63. The molecule has 0 spiro atoms. The lowest BCUT2D eigenvalue weighted by molar-refractivity contribution is -0.135. The van der Waals surface area contributed by atoms with Crippen LogP contribution in [0.25, 0.3) is 0 Å². The number of amides is 2. The van der Waals surface area contributed by atoms with Gasteiger partial charge in [-0.05, 0) is 33.7 Å². The summed E-state index contributed by atoms with van der Waals surface area (Å²) >= 11 is 0. The van der Waals surface area contributed by atoms with Gasteiger partial charge in [0.2, 0.25) is 11.8 Å². The number of nitrogens with two attached hydrogens (primary N) is 1. The molecule has 0 heterocycles. The van der Waals surface area contributed by atoms with E-state index in [2.05, 4.69) is 5.32 Å². The van der Waals surface area contributed by atoms with Crippen LogP contribution in [0.2, 0.25) is 0 Å². The van der Waals surface area contributed by atoms with Gasteiger partial charge in [-0.15, -0.1) is 12.4 Å². The highest BCUT2D eigenvalue weighted by atomic mass is 35.5. The van der Waals surface area contributed by atoms with Crippen molar-refractivity contribution in [3.63, 3.8) is 0 Å². The summed E-state index contributed by atoms with van der Waals surface area (Å²) in [6.45, 7) is 6.30. The van der Waals surface area contributed by atoms with Crippen molar-refractivity contribution in [2.45, 2.75) is 39.2 Å².